The summed E-state index contributed by atoms with van der Waals surface area (Å²) in [5.41, 5.74) is 2.46. The van der Waals surface area contributed by atoms with Gasteiger partial charge in [-0.25, -0.2) is 9.13 Å². The number of aryl methyl sites for hydroxylation is 2. The number of aliphatic hydroxyl groups is 1. The van der Waals surface area contributed by atoms with E-state index in [2.05, 4.69) is 47.2 Å². The largest absolute Gasteiger partial charge is 1.00 e. The third kappa shape index (κ3) is 3.18. The molecule has 1 aromatic carbocycles. The second-order valence-corrected chi connectivity index (χ2v) is 4.67. The molecule has 0 radical (unpaired) electrons. The van der Waals surface area contributed by atoms with Crippen molar-refractivity contribution < 1.29 is 26.7 Å². The molecular formula is C15H23BrN2O. The second-order valence-electron chi connectivity index (χ2n) is 4.67. The lowest BCUT2D eigenvalue weighted by Crippen LogP contribution is -3.00. The Balaban J connectivity index is 0.00000180. The lowest BCUT2D eigenvalue weighted by atomic mass is 10.2. The van der Waals surface area contributed by atoms with Crippen LogP contribution in [0.5, 0.6) is 0 Å². The van der Waals surface area contributed by atoms with Gasteiger partial charge in [0.25, 0.3) is 5.82 Å². The molecule has 19 heavy (non-hydrogen) atoms. The summed E-state index contributed by atoms with van der Waals surface area (Å²) in [6.07, 6.45) is 3.64. The molecular weight excluding hydrogens is 304 g/mol. The normalized spacial score (nSPS) is 10.7. The molecule has 4 heteroatoms. The maximum atomic E-state index is 9.65. The van der Waals surface area contributed by atoms with E-state index >= 15 is 0 Å². The molecule has 0 bridgehead atoms. The van der Waals surface area contributed by atoms with Crippen LogP contribution in [-0.4, -0.2) is 9.67 Å². The molecule has 0 aliphatic rings. The van der Waals surface area contributed by atoms with Gasteiger partial charge < -0.3 is 22.1 Å². The van der Waals surface area contributed by atoms with Crippen LogP contribution in [0.4, 0.5) is 0 Å². The fourth-order valence-corrected chi connectivity index (χ4v) is 2.64. The van der Waals surface area contributed by atoms with Gasteiger partial charge in [-0.2, -0.15) is 0 Å². The van der Waals surface area contributed by atoms with Crippen LogP contribution < -0.4 is 21.5 Å². The summed E-state index contributed by atoms with van der Waals surface area (Å²) in [7, 11) is 0. The number of benzene rings is 1. The minimum Gasteiger partial charge on any atom is -1.00 e. The fourth-order valence-electron chi connectivity index (χ4n) is 2.64. The van der Waals surface area contributed by atoms with E-state index in [9.17, 15) is 5.11 Å². The number of imidazole rings is 1. The van der Waals surface area contributed by atoms with Gasteiger partial charge in [0.05, 0.1) is 13.1 Å². The predicted octanol–water partition coefficient (Wildman–Crippen LogP) is -0.365. The minimum absolute atomic E-state index is 0. The number of aromatic nitrogens is 2. The Labute approximate surface area is 125 Å². The molecule has 1 heterocycles. The van der Waals surface area contributed by atoms with Crippen molar-refractivity contribution in [3.8, 4) is 0 Å². The Morgan fingerprint density at radius 2 is 1.89 bits per heavy atom. The highest BCUT2D eigenvalue weighted by molar-refractivity contribution is 5.72. The molecule has 0 aliphatic heterocycles. The smallest absolute Gasteiger partial charge is 0.283 e. The van der Waals surface area contributed by atoms with Crippen LogP contribution in [0.15, 0.2) is 24.3 Å². The molecule has 0 atom stereocenters. The molecule has 0 fully saturated rings. The van der Waals surface area contributed by atoms with Gasteiger partial charge in [-0.05, 0) is 31.9 Å². The van der Waals surface area contributed by atoms with Crippen LogP contribution in [0.3, 0.4) is 0 Å². The first kappa shape index (κ1) is 16.2. The number of rotatable bonds is 6. The number of hydrogen-bond donors (Lipinski definition) is 1. The summed E-state index contributed by atoms with van der Waals surface area (Å²) in [5.74, 6) is 1.02. The topological polar surface area (TPSA) is 29.0 Å². The summed E-state index contributed by atoms with van der Waals surface area (Å²) in [6.45, 7) is 6.35. The summed E-state index contributed by atoms with van der Waals surface area (Å²) in [5, 5.41) is 9.65. The molecule has 1 aromatic heterocycles. The van der Waals surface area contributed by atoms with Crippen molar-refractivity contribution in [2.75, 3.05) is 0 Å². The van der Waals surface area contributed by atoms with E-state index in [1.54, 1.807) is 0 Å². The highest BCUT2D eigenvalue weighted by Gasteiger charge is 2.22. The summed E-state index contributed by atoms with van der Waals surface area (Å²) in [4.78, 5) is 0. The first-order valence-corrected chi connectivity index (χ1v) is 6.94. The lowest BCUT2D eigenvalue weighted by molar-refractivity contribution is -0.682. The van der Waals surface area contributed by atoms with Gasteiger partial charge in [0.1, 0.15) is 6.61 Å². The van der Waals surface area contributed by atoms with E-state index in [0.717, 1.165) is 18.9 Å². The third-order valence-corrected chi connectivity index (χ3v) is 3.53. The van der Waals surface area contributed by atoms with Crippen molar-refractivity contribution in [1.82, 2.24) is 4.57 Å². The van der Waals surface area contributed by atoms with Crippen LogP contribution in [-0.2, 0) is 19.7 Å². The number of halogens is 1. The van der Waals surface area contributed by atoms with Crippen molar-refractivity contribution in [2.24, 2.45) is 0 Å². The Morgan fingerprint density at radius 3 is 2.53 bits per heavy atom. The number of para-hydroxylation sites is 2. The first-order valence-electron chi connectivity index (χ1n) is 6.94. The molecule has 0 unspecified atom stereocenters. The van der Waals surface area contributed by atoms with Crippen molar-refractivity contribution >= 4 is 11.0 Å². The molecule has 1 N–H and O–H groups in total. The maximum Gasteiger partial charge on any atom is 0.283 e. The predicted molar refractivity (Wildman–Crippen MR) is 73.3 cm³/mol. The zero-order valence-electron chi connectivity index (χ0n) is 11.8. The van der Waals surface area contributed by atoms with E-state index in [-0.39, 0.29) is 23.6 Å². The zero-order valence-corrected chi connectivity index (χ0v) is 13.4. The average Bonchev–Trinajstić information content (AvgIpc) is 2.72. The Morgan fingerprint density at radius 1 is 1.16 bits per heavy atom. The minimum atomic E-state index is 0. The van der Waals surface area contributed by atoms with Crippen LogP contribution in [0.1, 0.15) is 38.9 Å². The third-order valence-electron chi connectivity index (χ3n) is 3.53. The van der Waals surface area contributed by atoms with Gasteiger partial charge in [-0.3, -0.25) is 0 Å². The summed E-state index contributed by atoms with van der Waals surface area (Å²) in [6, 6.07) is 8.41. The monoisotopic (exact) mass is 326 g/mol. The van der Waals surface area contributed by atoms with Crippen molar-refractivity contribution in [2.45, 2.75) is 52.8 Å². The molecule has 106 valence electrons. The van der Waals surface area contributed by atoms with Crippen LogP contribution in [0, 0.1) is 0 Å². The van der Waals surface area contributed by atoms with Gasteiger partial charge in [-0.1, -0.05) is 25.5 Å². The molecule has 2 rings (SSSR count). The first-order chi connectivity index (χ1) is 8.83. The molecule has 0 amide bonds. The highest BCUT2D eigenvalue weighted by Crippen LogP contribution is 2.15. The quantitative estimate of drug-likeness (QED) is 0.570. The molecule has 2 aromatic rings. The fraction of sp³-hybridized carbons (Fsp3) is 0.533. The summed E-state index contributed by atoms with van der Waals surface area (Å²) < 4.78 is 4.48. The Kier molecular flexibility index (Phi) is 6.52. The SMILES string of the molecule is CCCCC[n+]1c(CO)n(CC)c2ccccc21.[Br-]. The number of hydrogen-bond acceptors (Lipinski definition) is 1. The Bertz CT molecular complexity index is 522. The van der Waals surface area contributed by atoms with E-state index in [4.69, 9.17) is 0 Å². The van der Waals surface area contributed by atoms with Crippen LogP contribution in [0.25, 0.3) is 11.0 Å². The number of fused-ring (bicyclic) bond motifs is 1. The van der Waals surface area contributed by atoms with E-state index < -0.39 is 0 Å². The second kappa shape index (κ2) is 7.65. The number of unbranched alkanes of at least 4 members (excludes halogenated alkanes) is 2. The molecule has 3 nitrogen and oxygen atoms in total. The maximum absolute atomic E-state index is 9.65. The van der Waals surface area contributed by atoms with Crippen molar-refractivity contribution in [3.63, 3.8) is 0 Å². The van der Waals surface area contributed by atoms with Gasteiger partial charge in [0, 0.05) is 0 Å². The number of aliphatic hydroxyl groups excluding tert-OH is 1. The molecule has 0 spiro atoms. The lowest BCUT2D eigenvalue weighted by Gasteiger charge is -2.01. The van der Waals surface area contributed by atoms with Crippen molar-refractivity contribution in [3.05, 3.63) is 30.1 Å². The number of nitrogens with zero attached hydrogens (tertiary/aromatic N) is 2. The molecule has 0 saturated carbocycles. The van der Waals surface area contributed by atoms with Crippen LogP contribution in [0.2, 0.25) is 0 Å². The highest BCUT2D eigenvalue weighted by atomic mass is 79.9. The standard InChI is InChI=1S/C15H23N2O.BrH/c1-3-5-8-11-17-14-10-7-6-9-13(14)16(4-2)15(17)12-18;/h6-7,9-10,18H,3-5,8,11-12H2,1-2H3;1H/q+1;/p-1. The molecule has 0 aliphatic carbocycles. The Hall–Kier alpha value is -0.870. The van der Waals surface area contributed by atoms with Gasteiger partial charge >= 0.3 is 0 Å². The van der Waals surface area contributed by atoms with Gasteiger partial charge in [0.15, 0.2) is 11.0 Å². The summed E-state index contributed by atoms with van der Waals surface area (Å²) >= 11 is 0. The van der Waals surface area contributed by atoms with Gasteiger partial charge in [0.2, 0.25) is 0 Å². The van der Waals surface area contributed by atoms with Crippen molar-refractivity contribution in [1.29, 1.82) is 0 Å². The van der Waals surface area contributed by atoms with Gasteiger partial charge in [-0.15, -0.1) is 0 Å². The zero-order chi connectivity index (χ0) is 13.0. The molecule has 0 saturated heterocycles. The average molecular weight is 327 g/mol. The van der Waals surface area contributed by atoms with E-state index in [1.165, 1.54) is 30.3 Å². The van der Waals surface area contributed by atoms with Crippen LogP contribution >= 0.6 is 0 Å². The van der Waals surface area contributed by atoms with E-state index in [0.29, 0.717) is 0 Å². The van der Waals surface area contributed by atoms with E-state index in [1.807, 2.05) is 0 Å².